The van der Waals surface area contributed by atoms with Crippen molar-refractivity contribution >= 4 is 57.9 Å². The van der Waals surface area contributed by atoms with Crippen LogP contribution in [0.1, 0.15) is 12.1 Å². The highest BCUT2D eigenvalue weighted by Gasteiger charge is 2.12. The average Bonchev–Trinajstić information content (AvgIpc) is 2.91. The Morgan fingerprint density at radius 3 is 2.57 bits per heavy atom. The highest BCUT2D eigenvalue weighted by atomic mass is 35.5. The fraction of sp³-hybridized carbons (Fsp3) is 0.333. The first-order valence-corrected chi connectivity index (χ1v) is 9.20. The largest absolute Gasteiger partial charge is 0.332 e. The number of hydrogen-bond donors (Lipinski definition) is 3. The molecule has 0 bridgehead atoms. The summed E-state index contributed by atoms with van der Waals surface area (Å²) in [5.41, 5.74) is 8.51. The lowest BCUT2D eigenvalue weighted by Crippen LogP contribution is -2.36. The monoisotopic (exact) mass is 372 g/mol. The molecule has 0 saturated carbocycles. The molecule has 0 spiro atoms. The van der Waals surface area contributed by atoms with E-state index in [1.807, 2.05) is 42.8 Å². The fourth-order valence-electron chi connectivity index (χ4n) is 1.78. The summed E-state index contributed by atoms with van der Waals surface area (Å²) in [6, 6.07) is 7.03. The highest BCUT2D eigenvalue weighted by molar-refractivity contribution is 7.98. The van der Waals surface area contributed by atoms with E-state index in [9.17, 15) is 4.79 Å². The van der Waals surface area contributed by atoms with E-state index in [2.05, 4.69) is 15.6 Å². The van der Waals surface area contributed by atoms with Crippen molar-refractivity contribution in [2.75, 3.05) is 22.6 Å². The molecule has 23 heavy (non-hydrogen) atoms. The Morgan fingerprint density at radius 2 is 2.00 bits per heavy atom. The van der Waals surface area contributed by atoms with Crippen molar-refractivity contribution in [1.82, 2.24) is 4.98 Å². The molecule has 0 aliphatic rings. The lowest BCUT2D eigenvalue weighted by atomic mass is 10.2. The number of benzene rings is 1. The first kappa shape index (κ1) is 19.8. The van der Waals surface area contributed by atoms with Gasteiger partial charge in [-0.25, -0.2) is 4.98 Å². The second-order valence-electron chi connectivity index (χ2n) is 4.87. The van der Waals surface area contributed by atoms with E-state index >= 15 is 0 Å². The van der Waals surface area contributed by atoms with Gasteiger partial charge in [0.05, 0.1) is 11.7 Å². The summed E-state index contributed by atoms with van der Waals surface area (Å²) in [7, 11) is 0. The zero-order chi connectivity index (χ0) is 15.9. The lowest BCUT2D eigenvalue weighted by molar-refractivity contribution is -0.117. The fourth-order valence-corrected chi connectivity index (χ4v) is 2.98. The Bertz CT molecular complexity index is 618. The molecule has 0 aliphatic carbocycles. The second-order valence-corrected chi connectivity index (χ2v) is 6.72. The molecule has 126 valence electrons. The van der Waals surface area contributed by atoms with Gasteiger partial charge in [-0.2, -0.15) is 11.8 Å². The summed E-state index contributed by atoms with van der Waals surface area (Å²) in [5.74, 6) is 0.732. The molecule has 0 aliphatic heterocycles. The van der Waals surface area contributed by atoms with E-state index < -0.39 is 6.04 Å². The molecule has 5 nitrogen and oxygen atoms in total. The first-order chi connectivity index (χ1) is 10.6. The number of carbonyl (C=O) groups is 1. The van der Waals surface area contributed by atoms with Gasteiger partial charge in [0.1, 0.15) is 0 Å². The Morgan fingerprint density at radius 1 is 1.35 bits per heavy atom. The molecule has 1 aromatic carbocycles. The van der Waals surface area contributed by atoms with E-state index in [4.69, 9.17) is 5.73 Å². The van der Waals surface area contributed by atoms with Gasteiger partial charge < -0.3 is 16.4 Å². The third kappa shape index (κ3) is 6.39. The zero-order valence-corrected chi connectivity index (χ0v) is 15.5. The number of aromatic nitrogens is 1. The number of halogens is 1. The van der Waals surface area contributed by atoms with Crippen LogP contribution in [0.5, 0.6) is 0 Å². The van der Waals surface area contributed by atoms with E-state index in [1.54, 1.807) is 23.1 Å². The van der Waals surface area contributed by atoms with Crippen molar-refractivity contribution in [3.63, 3.8) is 0 Å². The Hall–Kier alpha value is -1.28. The summed E-state index contributed by atoms with van der Waals surface area (Å²) in [4.78, 5) is 16.3. The minimum absolute atomic E-state index is 0. The molecule has 0 fully saturated rings. The normalized spacial score (nSPS) is 11.4. The van der Waals surface area contributed by atoms with Crippen molar-refractivity contribution in [1.29, 1.82) is 0 Å². The van der Waals surface area contributed by atoms with Crippen LogP contribution < -0.4 is 16.4 Å². The van der Waals surface area contributed by atoms with Crippen LogP contribution in [0.15, 0.2) is 29.6 Å². The van der Waals surface area contributed by atoms with Crippen molar-refractivity contribution in [2.45, 2.75) is 19.4 Å². The number of amides is 1. The van der Waals surface area contributed by atoms with Gasteiger partial charge in [0.2, 0.25) is 5.91 Å². The molecule has 0 saturated heterocycles. The van der Waals surface area contributed by atoms with E-state index in [-0.39, 0.29) is 18.3 Å². The van der Waals surface area contributed by atoms with Crippen LogP contribution in [0, 0.1) is 6.92 Å². The Balaban J connectivity index is 0.00000264. The molecule has 0 radical (unpaired) electrons. The molecule has 1 amide bonds. The van der Waals surface area contributed by atoms with Crippen LogP contribution in [0.4, 0.5) is 16.5 Å². The number of aryl methyl sites for hydroxylation is 1. The summed E-state index contributed by atoms with van der Waals surface area (Å²) in [6.07, 6.45) is 2.68. The molecule has 1 aromatic heterocycles. The molecular weight excluding hydrogens is 352 g/mol. The number of hydrogen-bond acceptors (Lipinski definition) is 6. The smallest absolute Gasteiger partial charge is 0.241 e. The van der Waals surface area contributed by atoms with Crippen LogP contribution in [-0.4, -0.2) is 28.9 Å². The number of nitrogens with two attached hydrogens (primary N) is 1. The van der Waals surface area contributed by atoms with Gasteiger partial charge in [-0.1, -0.05) is 0 Å². The Kier molecular flexibility index (Phi) is 8.40. The molecule has 2 rings (SSSR count). The number of anilines is 3. The zero-order valence-electron chi connectivity index (χ0n) is 13.0. The van der Waals surface area contributed by atoms with Crippen LogP contribution in [0.25, 0.3) is 0 Å². The highest BCUT2D eigenvalue weighted by Crippen LogP contribution is 2.22. The summed E-state index contributed by atoms with van der Waals surface area (Å²) in [5, 5.41) is 8.90. The lowest BCUT2D eigenvalue weighted by Gasteiger charge is -2.12. The van der Waals surface area contributed by atoms with Crippen LogP contribution in [0.3, 0.4) is 0 Å². The van der Waals surface area contributed by atoms with Crippen LogP contribution >= 0.6 is 35.5 Å². The van der Waals surface area contributed by atoms with Crippen LogP contribution in [0.2, 0.25) is 0 Å². The van der Waals surface area contributed by atoms with Gasteiger partial charge in [-0.05, 0) is 49.6 Å². The number of thiazole rings is 1. The molecule has 1 heterocycles. The summed E-state index contributed by atoms with van der Waals surface area (Å²) >= 11 is 3.25. The van der Waals surface area contributed by atoms with Crippen LogP contribution in [-0.2, 0) is 4.79 Å². The van der Waals surface area contributed by atoms with E-state index in [0.29, 0.717) is 6.42 Å². The quantitative estimate of drug-likeness (QED) is 0.691. The second kappa shape index (κ2) is 9.77. The molecular formula is C15H21ClN4OS2. The summed E-state index contributed by atoms with van der Waals surface area (Å²) in [6.45, 7) is 1.96. The first-order valence-electron chi connectivity index (χ1n) is 6.93. The third-order valence-electron chi connectivity index (χ3n) is 2.99. The number of rotatable bonds is 7. The average molecular weight is 373 g/mol. The summed E-state index contributed by atoms with van der Waals surface area (Å²) < 4.78 is 0. The SMILES string of the molecule is CSCC[C@H](N)C(=O)Nc1ccc(Nc2nc(C)cs2)cc1.Cl. The molecule has 4 N–H and O–H groups in total. The molecule has 1 atom stereocenters. The minimum atomic E-state index is -0.469. The minimum Gasteiger partial charge on any atom is -0.332 e. The van der Waals surface area contributed by atoms with Gasteiger partial charge in [-0.3, -0.25) is 4.79 Å². The maximum absolute atomic E-state index is 11.9. The van der Waals surface area contributed by atoms with Crippen molar-refractivity contribution in [3.05, 3.63) is 35.3 Å². The maximum atomic E-state index is 11.9. The third-order valence-corrected chi connectivity index (χ3v) is 4.51. The standard InChI is InChI=1S/C15H20N4OS2.ClH/c1-10-9-22-15(17-10)19-12-5-3-11(4-6-12)18-14(20)13(16)7-8-21-2;/h3-6,9,13H,7-8,16H2,1-2H3,(H,17,19)(H,18,20);1H/t13-;/m0./s1. The van der Waals surface area contributed by atoms with E-state index in [1.165, 1.54) is 0 Å². The topological polar surface area (TPSA) is 80.0 Å². The predicted molar refractivity (Wildman–Crippen MR) is 103 cm³/mol. The number of thioether (sulfide) groups is 1. The van der Waals surface area contributed by atoms with Gasteiger partial charge in [0, 0.05) is 16.8 Å². The van der Waals surface area contributed by atoms with Gasteiger partial charge >= 0.3 is 0 Å². The maximum Gasteiger partial charge on any atom is 0.241 e. The van der Waals surface area contributed by atoms with E-state index in [0.717, 1.165) is 28.0 Å². The molecule has 8 heteroatoms. The van der Waals surface area contributed by atoms with Gasteiger partial charge in [0.15, 0.2) is 5.13 Å². The number of nitrogens with zero attached hydrogens (tertiary/aromatic N) is 1. The van der Waals surface area contributed by atoms with Gasteiger partial charge in [0.25, 0.3) is 0 Å². The Labute approximate surface area is 150 Å². The van der Waals surface area contributed by atoms with Gasteiger partial charge in [-0.15, -0.1) is 23.7 Å². The molecule has 0 unspecified atom stereocenters. The number of nitrogens with one attached hydrogen (secondary N) is 2. The van der Waals surface area contributed by atoms with Crippen molar-refractivity contribution < 1.29 is 4.79 Å². The molecule has 2 aromatic rings. The van der Waals surface area contributed by atoms with Crippen molar-refractivity contribution in [3.8, 4) is 0 Å². The predicted octanol–water partition coefficient (Wildman–Crippen LogP) is 3.64. The number of carbonyl (C=O) groups excluding carboxylic acids is 1. The van der Waals surface area contributed by atoms with Crippen molar-refractivity contribution in [2.24, 2.45) is 5.73 Å².